The van der Waals surface area contributed by atoms with E-state index in [0.717, 1.165) is 0 Å². The van der Waals surface area contributed by atoms with Crippen LogP contribution in [0.3, 0.4) is 0 Å². The highest BCUT2D eigenvalue weighted by atomic mass is 35.5. The van der Waals surface area contributed by atoms with Crippen molar-refractivity contribution in [1.29, 1.82) is 0 Å². The number of pyridine rings is 1. The first-order valence-electron chi connectivity index (χ1n) is 4.62. The van der Waals surface area contributed by atoms with Crippen molar-refractivity contribution in [3.05, 3.63) is 22.8 Å². The molecule has 0 saturated carbocycles. The van der Waals surface area contributed by atoms with Crippen molar-refractivity contribution in [2.45, 2.75) is 5.92 Å². The third kappa shape index (κ3) is 2.43. The summed E-state index contributed by atoms with van der Waals surface area (Å²) in [5.74, 6) is -0.842. The zero-order valence-corrected chi connectivity index (χ0v) is 9.82. The van der Waals surface area contributed by atoms with Crippen LogP contribution < -0.4 is 10.5 Å². The molecular weight excluding hydrogens is 232 g/mol. The first-order valence-corrected chi connectivity index (χ1v) is 4.99. The summed E-state index contributed by atoms with van der Waals surface area (Å²) in [5.41, 5.74) is 5.99. The smallest absolute Gasteiger partial charge is 0.314 e. The number of carbonyl (C=O) groups excluding carboxylic acids is 1. The Balaban J connectivity index is 3.22. The van der Waals surface area contributed by atoms with E-state index in [1.54, 1.807) is 6.07 Å². The molecule has 6 heteroatoms. The van der Waals surface area contributed by atoms with Gasteiger partial charge in [0.15, 0.2) is 0 Å². The molecule has 1 unspecified atom stereocenters. The number of carbonyl (C=O) groups is 1. The molecule has 0 saturated heterocycles. The van der Waals surface area contributed by atoms with Gasteiger partial charge in [-0.15, -0.1) is 0 Å². The number of ether oxygens (including phenoxy) is 2. The topological polar surface area (TPSA) is 74.4 Å². The lowest BCUT2D eigenvalue weighted by Gasteiger charge is -2.16. The first kappa shape index (κ1) is 12.7. The van der Waals surface area contributed by atoms with E-state index >= 15 is 0 Å². The zero-order chi connectivity index (χ0) is 12.1. The number of halogens is 1. The van der Waals surface area contributed by atoms with E-state index in [1.165, 1.54) is 20.4 Å². The molecule has 1 aromatic rings. The van der Waals surface area contributed by atoms with E-state index in [-0.39, 0.29) is 12.4 Å². The van der Waals surface area contributed by atoms with Gasteiger partial charge in [-0.3, -0.25) is 4.79 Å². The minimum Gasteiger partial charge on any atom is -0.481 e. The van der Waals surface area contributed by atoms with Crippen LogP contribution in [0.2, 0.25) is 5.02 Å². The van der Waals surface area contributed by atoms with Crippen LogP contribution in [0.5, 0.6) is 5.88 Å². The largest absolute Gasteiger partial charge is 0.481 e. The van der Waals surface area contributed by atoms with Crippen molar-refractivity contribution in [2.75, 3.05) is 20.8 Å². The Morgan fingerprint density at radius 1 is 1.62 bits per heavy atom. The number of hydrogen-bond acceptors (Lipinski definition) is 5. The molecule has 88 valence electrons. The van der Waals surface area contributed by atoms with Crippen molar-refractivity contribution in [1.82, 2.24) is 4.98 Å². The number of nitrogens with two attached hydrogens (primary N) is 1. The Bertz CT molecular complexity index is 384. The van der Waals surface area contributed by atoms with E-state index in [9.17, 15) is 4.79 Å². The summed E-state index contributed by atoms with van der Waals surface area (Å²) in [6, 6.07) is 1.57. The zero-order valence-electron chi connectivity index (χ0n) is 9.07. The van der Waals surface area contributed by atoms with Gasteiger partial charge in [0.05, 0.1) is 19.2 Å². The van der Waals surface area contributed by atoms with E-state index in [4.69, 9.17) is 22.1 Å². The normalized spacial score (nSPS) is 12.0. The third-order valence-corrected chi connectivity index (χ3v) is 2.49. The summed E-state index contributed by atoms with van der Waals surface area (Å²) in [6.07, 6.45) is 1.50. The molecule has 0 fully saturated rings. The average molecular weight is 245 g/mol. The van der Waals surface area contributed by atoms with Crippen LogP contribution in [0.15, 0.2) is 12.3 Å². The molecule has 0 aromatic carbocycles. The van der Waals surface area contributed by atoms with Crippen molar-refractivity contribution < 1.29 is 14.3 Å². The minimum absolute atomic E-state index is 0.0778. The lowest BCUT2D eigenvalue weighted by molar-refractivity contribution is -0.142. The van der Waals surface area contributed by atoms with E-state index in [2.05, 4.69) is 9.72 Å². The molecule has 0 radical (unpaired) electrons. The Morgan fingerprint density at radius 3 is 2.81 bits per heavy atom. The van der Waals surface area contributed by atoms with Gasteiger partial charge in [0.2, 0.25) is 5.88 Å². The highest BCUT2D eigenvalue weighted by molar-refractivity contribution is 6.31. The van der Waals surface area contributed by atoms with Gasteiger partial charge in [0, 0.05) is 18.3 Å². The highest BCUT2D eigenvalue weighted by Crippen LogP contribution is 2.31. The van der Waals surface area contributed by atoms with Crippen LogP contribution in [0.1, 0.15) is 11.5 Å². The van der Waals surface area contributed by atoms with Gasteiger partial charge < -0.3 is 15.2 Å². The fourth-order valence-corrected chi connectivity index (χ4v) is 1.65. The van der Waals surface area contributed by atoms with Gasteiger partial charge in [-0.2, -0.15) is 0 Å². The Morgan fingerprint density at radius 2 is 2.31 bits per heavy atom. The van der Waals surface area contributed by atoms with Crippen molar-refractivity contribution >= 4 is 17.6 Å². The SMILES string of the molecule is COC(=O)C(CN)c1c(Cl)ccnc1OC. The fourth-order valence-electron chi connectivity index (χ4n) is 1.38. The van der Waals surface area contributed by atoms with Gasteiger partial charge in [-0.25, -0.2) is 4.98 Å². The second-order valence-corrected chi connectivity index (χ2v) is 3.43. The second-order valence-electron chi connectivity index (χ2n) is 3.03. The van der Waals surface area contributed by atoms with Crippen LogP contribution in [0.25, 0.3) is 0 Å². The summed E-state index contributed by atoms with van der Waals surface area (Å²) < 4.78 is 9.70. The van der Waals surface area contributed by atoms with Crippen molar-refractivity contribution in [3.8, 4) is 5.88 Å². The molecule has 0 aliphatic rings. The van der Waals surface area contributed by atoms with Crippen LogP contribution in [-0.4, -0.2) is 31.7 Å². The molecule has 0 bridgehead atoms. The number of esters is 1. The molecule has 16 heavy (non-hydrogen) atoms. The van der Waals surface area contributed by atoms with Gasteiger partial charge in [0.25, 0.3) is 0 Å². The summed E-state index contributed by atoms with van der Waals surface area (Å²) >= 11 is 6.00. The number of nitrogens with zero attached hydrogens (tertiary/aromatic N) is 1. The number of rotatable bonds is 4. The Kier molecular flexibility index (Phi) is 4.52. The monoisotopic (exact) mass is 244 g/mol. The fraction of sp³-hybridized carbons (Fsp3) is 0.400. The molecule has 0 spiro atoms. The second kappa shape index (κ2) is 5.67. The molecule has 0 aliphatic heterocycles. The van der Waals surface area contributed by atoms with Crippen LogP contribution in [-0.2, 0) is 9.53 Å². The predicted octanol–water partition coefficient (Wildman–Crippen LogP) is 0.959. The Hall–Kier alpha value is -1.33. The Labute approximate surface area is 98.5 Å². The maximum Gasteiger partial charge on any atom is 0.314 e. The quantitative estimate of drug-likeness (QED) is 0.799. The summed E-state index contributed by atoms with van der Waals surface area (Å²) in [5, 5.41) is 0.382. The van der Waals surface area contributed by atoms with Gasteiger partial charge in [-0.1, -0.05) is 11.6 Å². The van der Waals surface area contributed by atoms with Crippen LogP contribution >= 0.6 is 11.6 Å². The highest BCUT2D eigenvalue weighted by Gasteiger charge is 2.26. The molecule has 0 aliphatic carbocycles. The molecule has 1 rings (SSSR count). The molecule has 1 atom stereocenters. The van der Waals surface area contributed by atoms with Gasteiger partial charge >= 0.3 is 5.97 Å². The van der Waals surface area contributed by atoms with Crippen molar-refractivity contribution in [3.63, 3.8) is 0 Å². The van der Waals surface area contributed by atoms with Crippen LogP contribution in [0, 0.1) is 0 Å². The van der Waals surface area contributed by atoms with Crippen LogP contribution in [0.4, 0.5) is 0 Å². The first-order chi connectivity index (χ1) is 7.65. The molecule has 0 amide bonds. The van der Waals surface area contributed by atoms with Crippen molar-refractivity contribution in [2.24, 2.45) is 5.73 Å². The molecule has 2 N–H and O–H groups in total. The predicted molar refractivity (Wildman–Crippen MR) is 59.6 cm³/mol. The minimum atomic E-state index is -0.666. The molecule has 1 aromatic heterocycles. The lowest BCUT2D eigenvalue weighted by Crippen LogP contribution is -2.24. The van der Waals surface area contributed by atoms with E-state index < -0.39 is 11.9 Å². The standard InChI is InChI=1S/C10H13ClN2O3/c1-15-9-8(7(11)3-4-13-9)6(5-12)10(14)16-2/h3-4,6H,5,12H2,1-2H3. The van der Waals surface area contributed by atoms with E-state index in [0.29, 0.717) is 10.6 Å². The van der Waals surface area contributed by atoms with Gasteiger partial charge in [-0.05, 0) is 6.07 Å². The number of aromatic nitrogens is 1. The van der Waals surface area contributed by atoms with Gasteiger partial charge in [0.1, 0.15) is 5.92 Å². The van der Waals surface area contributed by atoms with E-state index in [1.807, 2.05) is 0 Å². The summed E-state index contributed by atoms with van der Waals surface area (Å²) in [6.45, 7) is 0.0778. The summed E-state index contributed by atoms with van der Waals surface area (Å²) in [4.78, 5) is 15.5. The molecule has 5 nitrogen and oxygen atoms in total. The molecular formula is C10H13ClN2O3. The summed E-state index contributed by atoms with van der Waals surface area (Å²) in [7, 11) is 2.74. The number of hydrogen-bond donors (Lipinski definition) is 1. The maximum atomic E-state index is 11.5. The maximum absolute atomic E-state index is 11.5. The lowest BCUT2D eigenvalue weighted by atomic mass is 10.0. The third-order valence-electron chi connectivity index (χ3n) is 2.16. The molecule has 1 heterocycles. The average Bonchev–Trinajstić information content (AvgIpc) is 2.31. The number of methoxy groups -OCH3 is 2.